The minimum absolute atomic E-state index is 0.209. The number of carbonyl (C=O) groups excluding carboxylic acids is 1. The van der Waals surface area contributed by atoms with Gasteiger partial charge < -0.3 is 9.53 Å². The third-order valence-electron chi connectivity index (χ3n) is 6.18. The van der Waals surface area contributed by atoms with Crippen molar-refractivity contribution >= 4 is 5.78 Å². The van der Waals surface area contributed by atoms with E-state index in [0.717, 1.165) is 47.6 Å². The first-order valence-electron chi connectivity index (χ1n) is 12.3. The second-order valence-corrected chi connectivity index (χ2v) is 9.04. The first-order chi connectivity index (χ1) is 14.3. The largest absolute Gasteiger partial charge is 0.492 e. The van der Waals surface area contributed by atoms with E-state index in [1.54, 1.807) is 13.1 Å². The second-order valence-electron chi connectivity index (χ2n) is 9.04. The Morgan fingerprint density at radius 3 is 2.33 bits per heavy atom. The molecule has 0 radical (unpaired) electrons. The Labute approximate surface area is 187 Å². The molecule has 0 saturated heterocycles. The molecular weight excluding hydrogens is 370 g/mol. The van der Waals surface area contributed by atoms with Crippen molar-refractivity contribution in [2.24, 2.45) is 23.7 Å². The van der Waals surface area contributed by atoms with Gasteiger partial charge in [-0.3, -0.25) is 4.98 Å². The van der Waals surface area contributed by atoms with Crippen LogP contribution in [0.3, 0.4) is 0 Å². The van der Waals surface area contributed by atoms with Crippen LogP contribution in [-0.2, 0) is 11.2 Å². The summed E-state index contributed by atoms with van der Waals surface area (Å²) in [5, 5.41) is 0. The van der Waals surface area contributed by atoms with Crippen LogP contribution < -0.4 is 4.74 Å². The number of carbonyl (C=O) groups is 1. The highest BCUT2D eigenvalue weighted by molar-refractivity contribution is 5.75. The van der Waals surface area contributed by atoms with E-state index in [4.69, 9.17) is 4.74 Å². The number of hydrogen-bond acceptors (Lipinski definition) is 3. The summed E-state index contributed by atoms with van der Waals surface area (Å²) in [5.41, 5.74) is 2.08. The number of Topliss-reactive ketones (excluding diaryl/α,β-unsaturated/α-hetero) is 1. The van der Waals surface area contributed by atoms with Crippen molar-refractivity contribution in [2.75, 3.05) is 6.61 Å². The summed E-state index contributed by atoms with van der Waals surface area (Å²) in [7, 11) is 0. The van der Waals surface area contributed by atoms with Crippen molar-refractivity contribution < 1.29 is 9.53 Å². The van der Waals surface area contributed by atoms with Crippen LogP contribution in [0.15, 0.2) is 12.3 Å². The van der Waals surface area contributed by atoms with E-state index < -0.39 is 0 Å². The van der Waals surface area contributed by atoms with Gasteiger partial charge in [-0.05, 0) is 74.8 Å². The molecule has 1 aliphatic rings. The molecule has 0 N–H and O–H groups in total. The quantitative estimate of drug-likeness (QED) is 0.388. The van der Waals surface area contributed by atoms with Crippen LogP contribution in [0.4, 0.5) is 0 Å². The van der Waals surface area contributed by atoms with E-state index >= 15 is 0 Å². The normalized spacial score (nSPS) is 18.3. The molecule has 3 heteroatoms. The average molecular weight is 420 g/mol. The molecule has 3 nitrogen and oxygen atoms in total. The van der Waals surface area contributed by atoms with Crippen LogP contribution in [0.1, 0.15) is 105 Å². The SMILES string of the molecule is CC.CC(=O)CCc1cc(OCCC(C)C)cnc1C.CCC1CC(C(C)CC)C1. The van der Waals surface area contributed by atoms with Gasteiger partial charge in [-0.25, -0.2) is 0 Å². The number of nitrogens with zero attached hydrogens (tertiary/aromatic N) is 1. The van der Waals surface area contributed by atoms with Gasteiger partial charge in [0.2, 0.25) is 0 Å². The molecule has 174 valence electrons. The number of hydrogen-bond donors (Lipinski definition) is 0. The summed E-state index contributed by atoms with van der Waals surface area (Å²) in [5.74, 6) is 4.80. The first-order valence-corrected chi connectivity index (χ1v) is 12.3. The smallest absolute Gasteiger partial charge is 0.137 e. The van der Waals surface area contributed by atoms with E-state index in [1.807, 2.05) is 26.8 Å². The van der Waals surface area contributed by atoms with Gasteiger partial charge in [-0.2, -0.15) is 0 Å². The molecule has 1 aromatic heterocycles. The monoisotopic (exact) mass is 419 g/mol. The molecule has 0 aliphatic heterocycles. The number of aryl methyl sites for hydroxylation is 2. The van der Waals surface area contributed by atoms with Gasteiger partial charge in [-0.15, -0.1) is 0 Å². The summed E-state index contributed by atoms with van der Waals surface area (Å²) in [6, 6.07) is 2.01. The number of aromatic nitrogens is 1. The Bertz CT molecular complexity index is 576. The van der Waals surface area contributed by atoms with Crippen molar-refractivity contribution in [3.63, 3.8) is 0 Å². The van der Waals surface area contributed by atoms with Crippen molar-refractivity contribution in [1.82, 2.24) is 4.98 Å². The van der Waals surface area contributed by atoms with E-state index in [2.05, 4.69) is 39.6 Å². The van der Waals surface area contributed by atoms with Crippen LogP contribution in [0.2, 0.25) is 0 Å². The Morgan fingerprint density at radius 1 is 1.20 bits per heavy atom. The lowest BCUT2D eigenvalue weighted by atomic mass is 9.67. The molecule has 0 spiro atoms. The molecule has 0 amide bonds. The van der Waals surface area contributed by atoms with Gasteiger partial charge in [0.1, 0.15) is 11.5 Å². The standard InChI is InChI=1S/C15H23NO2.C10H20.C2H6/c1-11(2)7-8-18-15-9-14(6-5-12(3)17)13(4)16-10-15;1-4-8(3)10-6-9(5-2)7-10;1-2/h9-11H,5-8H2,1-4H3;8-10H,4-7H2,1-3H3;1-2H3. The van der Waals surface area contributed by atoms with Crippen molar-refractivity contribution in [1.29, 1.82) is 0 Å². The van der Waals surface area contributed by atoms with Gasteiger partial charge in [0, 0.05) is 12.1 Å². The maximum atomic E-state index is 11.0. The van der Waals surface area contributed by atoms with Gasteiger partial charge in [0.25, 0.3) is 0 Å². The lowest BCUT2D eigenvalue weighted by Crippen LogP contribution is -2.27. The molecule has 0 aromatic carbocycles. The summed E-state index contributed by atoms with van der Waals surface area (Å²) in [6.45, 7) is 19.7. The molecule has 1 heterocycles. The molecule has 30 heavy (non-hydrogen) atoms. The Morgan fingerprint density at radius 2 is 1.83 bits per heavy atom. The highest BCUT2D eigenvalue weighted by Gasteiger charge is 2.30. The van der Waals surface area contributed by atoms with Gasteiger partial charge in [0.05, 0.1) is 12.8 Å². The molecule has 1 fully saturated rings. The lowest BCUT2D eigenvalue weighted by Gasteiger charge is -2.38. The first kappa shape index (κ1) is 28.6. The van der Waals surface area contributed by atoms with Crippen LogP contribution in [-0.4, -0.2) is 17.4 Å². The van der Waals surface area contributed by atoms with Crippen molar-refractivity contribution in [3.05, 3.63) is 23.5 Å². The minimum Gasteiger partial charge on any atom is -0.492 e. The molecule has 1 atom stereocenters. The van der Waals surface area contributed by atoms with Crippen LogP contribution in [0.5, 0.6) is 5.75 Å². The molecule has 1 unspecified atom stereocenters. The Balaban J connectivity index is 0.000000590. The zero-order valence-corrected chi connectivity index (χ0v) is 21.4. The maximum absolute atomic E-state index is 11.0. The van der Waals surface area contributed by atoms with E-state index in [-0.39, 0.29) is 5.78 Å². The van der Waals surface area contributed by atoms with Gasteiger partial charge in [-0.1, -0.05) is 61.3 Å². The number of pyridine rings is 1. The molecule has 0 bridgehead atoms. The van der Waals surface area contributed by atoms with Crippen molar-refractivity contribution in [2.45, 2.75) is 107 Å². The van der Waals surface area contributed by atoms with Crippen LogP contribution >= 0.6 is 0 Å². The number of rotatable bonds is 10. The highest BCUT2D eigenvalue weighted by atomic mass is 16.5. The number of ether oxygens (including phenoxy) is 1. The fourth-order valence-corrected chi connectivity index (χ4v) is 3.53. The summed E-state index contributed by atoms with van der Waals surface area (Å²) in [4.78, 5) is 15.3. The molecule has 1 aliphatic carbocycles. The Kier molecular flexibility index (Phi) is 15.6. The van der Waals surface area contributed by atoms with Crippen molar-refractivity contribution in [3.8, 4) is 5.75 Å². The van der Waals surface area contributed by atoms with Crippen LogP contribution in [0, 0.1) is 30.6 Å². The fourth-order valence-electron chi connectivity index (χ4n) is 3.53. The lowest BCUT2D eigenvalue weighted by molar-refractivity contribution is -0.116. The van der Waals surface area contributed by atoms with E-state index in [0.29, 0.717) is 18.9 Å². The minimum atomic E-state index is 0.209. The van der Waals surface area contributed by atoms with E-state index in [1.165, 1.54) is 25.7 Å². The molecule has 1 saturated carbocycles. The van der Waals surface area contributed by atoms with Gasteiger partial charge >= 0.3 is 0 Å². The summed E-state index contributed by atoms with van der Waals surface area (Å²) >= 11 is 0. The summed E-state index contributed by atoms with van der Waals surface area (Å²) in [6.07, 6.45) is 9.93. The van der Waals surface area contributed by atoms with Gasteiger partial charge in [0.15, 0.2) is 0 Å². The molecule has 2 rings (SSSR count). The fraction of sp³-hybridized carbons (Fsp3) is 0.778. The average Bonchev–Trinajstić information content (AvgIpc) is 2.69. The Hall–Kier alpha value is -1.38. The topological polar surface area (TPSA) is 39.2 Å². The second kappa shape index (κ2) is 16.3. The molecular formula is C27H49NO2. The predicted octanol–water partition coefficient (Wildman–Crippen LogP) is 7.83. The predicted molar refractivity (Wildman–Crippen MR) is 130 cm³/mol. The molecule has 1 aromatic rings. The third-order valence-corrected chi connectivity index (χ3v) is 6.18. The summed E-state index contributed by atoms with van der Waals surface area (Å²) < 4.78 is 5.67. The highest BCUT2D eigenvalue weighted by Crippen LogP contribution is 2.41. The zero-order chi connectivity index (χ0) is 23.1. The zero-order valence-electron chi connectivity index (χ0n) is 21.4. The van der Waals surface area contributed by atoms with E-state index in [9.17, 15) is 4.79 Å². The maximum Gasteiger partial charge on any atom is 0.137 e. The number of ketones is 1. The van der Waals surface area contributed by atoms with Crippen LogP contribution in [0.25, 0.3) is 0 Å². The third kappa shape index (κ3) is 11.7.